The number of hydrazone groups is 1. The second-order valence-electron chi connectivity index (χ2n) is 7.42. The lowest BCUT2D eigenvalue weighted by molar-refractivity contribution is -0.118. The molecule has 0 atom stereocenters. The molecule has 7 nitrogen and oxygen atoms in total. The van der Waals surface area contributed by atoms with Crippen molar-refractivity contribution >= 4 is 34.8 Å². The van der Waals surface area contributed by atoms with E-state index in [1.807, 2.05) is 74.5 Å². The Morgan fingerprint density at radius 1 is 1.09 bits per heavy atom. The van der Waals surface area contributed by atoms with Crippen LogP contribution in [-0.4, -0.2) is 34.0 Å². The lowest BCUT2D eigenvalue weighted by Gasteiger charge is -2.14. The minimum atomic E-state index is -0.300. The molecule has 1 heterocycles. The maximum Gasteiger partial charge on any atom is 0.266 e. The maximum atomic E-state index is 13.3. The molecule has 34 heavy (non-hydrogen) atoms. The number of hydrogen-bond donors (Lipinski definition) is 1. The predicted octanol–water partition coefficient (Wildman–Crippen LogP) is 4.34. The van der Waals surface area contributed by atoms with Crippen LogP contribution in [0.15, 0.2) is 87.8 Å². The molecule has 0 aliphatic heterocycles. The minimum Gasteiger partial charge on any atom is -0.494 e. The molecule has 0 unspecified atom stereocenters. The monoisotopic (exact) mass is 472 g/mol. The number of aromatic nitrogens is 2. The zero-order valence-electron chi connectivity index (χ0n) is 18.9. The average Bonchev–Trinajstić information content (AvgIpc) is 2.85. The van der Waals surface area contributed by atoms with E-state index in [4.69, 9.17) is 4.74 Å². The Balaban J connectivity index is 1.51. The van der Waals surface area contributed by atoms with Crippen LogP contribution < -0.4 is 15.7 Å². The summed E-state index contributed by atoms with van der Waals surface area (Å²) >= 11 is 1.19. The van der Waals surface area contributed by atoms with Gasteiger partial charge in [-0.05, 0) is 67.4 Å². The number of fused-ring (bicyclic) bond motifs is 1. The van der Waals surface area contributed by atoms with Gasteiger partial charge in [0.2, 0.25) is 0 Å². The molecule has 1 N–H and O–H groups in total. The zero-order valence-corrected chi connectivity index (χ0v) is 19.7. The first-order valence-electron chi connectivity index (χ1n) is 10.8. The normalized spacial score (nSPS) is 11.1. The Hall–Kier alpha value is -3.91. The van der Waals surface area contributed by atoms with Crippen molar-refractivity contribution in [2.24, 2.45) is 5.10 Å². The molecule has 0 bridgehead atoms. The van der Waals surface area contributed by atoms with Gasteiger partial charge in [-0.25, -0.2) is 10.4 Å². The number of ether oxygens (including phenoxy) is 1. The van der Waals surface area contributed by atoms with Gasteiger partial charge in [0, 0.05) is 0 Å². The van der Waals surface area contributed by atoms with Crippen molar-refractivity contribution in [1.82, 2.24) is 15.0 Å². The van der Waals surface area contributed by atoms with Gasteiger partial charge in [0.1, 0.15) is 5.75 Å². The maximum absolute atomic E-state index is 13.3. The second kappa shape index (κ2) is 10.8. The number of carbonyl (C=O) groups is 1. The van der Waals surface area contributed by atoms with E-state index in [1.165, 1.54) is 11.8 Å². The molecule has 0 saturated heterocycles. The Morgan fingerprint density at radius 2 is 1.82 bits per heavy atom. The average molecular weight is 473 g/mol. The van der Waals surface area contributed by atoms with Crippen LogP contribution in [0.5, 0.6) is 5.75 Å². The van der Waals surface area contributed by atoms with Crippen LogP contribution in [0.4, 0.5) is 0 Å². The van der Waals surface area contributed by atoms with Crippen molar-refractivity contribution in [3.05, 3.63) is 94.3 Å². The Bertz CT molecular complexity index is 1400. The molecule has 8 heteroatoms. The van der Waals surface area contributed by atoms with Gasteiger partial charge in [-0.2, -0.15) is 5.10 Å². The summed E-state index contributed by atoms with van der Waals surface area (Å²) in [4.78, 5) is 30.4. The van der Waals surface area contributed by atoms with Crippen molar-refractivity contribution in [2.75, 3.05) is 12.4 Å². The van der Waals surface area contributed by atoms with Crippen LogP contribution in [0.1, 0.15) is 18.1 Å². The van der Waals surface area contributed by atoms with Gasteiger partial charge in [0.15, 0.2) is 5.16 Å². The van der Waals surface area contributed by atoms with E-state index in [0.29, 0.717) is 22.7 Å². The first kappa shape index (κ1) is 23.3. The van der Waals surface area contributed by atoms with E-state index < -0.39 is 0 Å². The minimum absolute atomic E-state index is 0.0529. The lowest BCUT2D eigenvalue weighted by Crippen LogP contribution is -2.24. The third-order valence-electron chi connectivity index (χ3n) is 5.03. The molecule has 0 fully saturated rings. The molecule has 0 saturated carbocycles. The fourth-order valence-corrected chi connectivity index (χ4v) is 4.19. The molecular formula is C26H24N4O3S. The lowest BCUT2D eigenvalue weighted by atomic mass is 10.2. The highest BCUT2D eigenvalue weighted by Crippen LogP contribution is 2.23. The number of amides is 1. The van der Waals surface area contributed by atoms with E-state index in [1.54, 1.807) is 22.9 Å². The number of carbonyl (C=O) groups excluding carboxylic acids is 1. The molecule has 172 valence electrons. The van der Waals surface area contributed by atoms with Gasteiger partial charge in [0.05, 0.1) is 35.2 Å². The highest BCUT2D eigenvalue weighted by Gasteiger charge is 2.15. The fourth-order valence-electron chi connectivity index (χ4n) is 3.39. The van der Waals surface area contributed by atoms with Crippen LogP contribution >= 0.6 is 11.8 Å². The molecular weight excluding hydrogens is 448 g/mol. The van der Waals surface area contributed by atoms with Crippen molar-refractivity contribution in [3.8, 4) is 11.4 Å². The number of hydrogen-bond acceptors (Lipinski definition) is 6. The Morgan fingerprint density at radius 3 is 2.59 bits per heavy atom. The molecule has 4 rings (SSSR count). The third-order valence-corrected chi connectivity index (χ3v) is 5.97. The summed E-state index contributed by atoms with van der Waals surface area (Å²) in [6, 6.07) is 22.2. The number of rotatable bonds is 8. The fraction of sp³-hybridized carbons (Fsp3) is 0.154. The quantitative estimate of drug-likeness (QED) is 0.179. The predicted molar refractivity (Wildman–Crippen MR) is 136 cm³/mol. The van der Waals surface area contributed by atoms with Gasteiger partial charge in [-0.15, -0.1) is 0 Å². The van der Waals surface area contributed by atoms with E-state index in [9.17, 15) is 9.59 Å². The summed E-state index contributed by atoms with van der Waals surface area (Å²) in [7, 11) is 0. The summed E-state index contributed by atoms with van der Waals surface area (Å²) < 4.78 is 6.98. The molecule has 0 aliphatic rings. The van der Waals surface area contributed by atoms with Crippen LogP contribution in [-0.2, 0) is 4.79 Å². The number of nitrogens with one attached hydrogen (secondary N) is 1. The van der Waals surface area contributed by atoms with E-state index in [-0.39, 0.29) is 17.2 Å². The van der Waals surface area contributed by atoms with E-state index in [0.717, 1.165) is 22.6 Å². The molecule has 0 radical (unpaired) electrons. The Kier molecular flexibility index (Phi) is 7.39. The third kappa shape index (κ3) is 5.35. The molecule has 3 aromatic carbocycles. The highest BCUT2D eigenvalue weighted by atomic mass is 32.2. The van der Waals surface area contributed by atoms with Crippen molar-refractivity contribution in [3.63, 3.8) is 0 Å². The SMILES string of the molecule is CCOc1ccc(C=NNC(=O)CSc2nc3ccccc3c(=O)n2-c2ccccc2C)cc1. The second-order valence-corrected chi connectivity index (χ2v) is 8.36. The van der Waals surface area contributed by atoms with Gasteiger partial charge in [-0.1, -0.05) is 42.1 Å². The topological polar surface area (TPSA) is 85.6 Å². The first-order valence-corrected chi connectivity index (χ1v) is 11.8. The van der Waals surface area contributed by atoms with Crippen LogP contribution in [0, 0.1) is 6.92 Å². The first-order chi connectivity index (χ1) is 16.6. The molecule has 1 aromatic heterocycles. The van der Waals surface area contributed by atoms with Crippen molar-refractivity contribution in [1.29, 1.82) is 0 Å². The van der Waals surface area contributed by atoms with Gasteiger partial charge in [-0.3, -0.25) is 14.2 Å². The number of aryl methyl sites for hydroxylation is 1. The molecule has 1 amide bonds. The van der Waals surface area contributed by atoms with Crippen LogP contribution in [0.2, 0.25) is 0 Å². The summed E-state index contributed by atoms with van der Waals surface area (Å²) in [5.74, 6) is 0.533. The molecule has 0 aliphatic carbocycles. The van der Waals surface area contributed by atoms with Crippen molar-refractivity contribution in [2.45, 2.75) is 19.0 Å². The number of nitrogens with zero attached hydrogens (tertiary/aromatic N) is 3. The standard InChI is InChI=1S/C26H24N4O3S/c1-3-33-20-14-12-19(13-15-20)16-27-29-24(31)17-34-26-28-22-10-6-5-9-21(22)25(32)30(26)23-11-7-4-8-18(23)2/h4-16H,3,17H2,1-2H3,(H,29,31). The van der Waals surface area contributed by atoms with Gasteiger partial charge in [0.25, 0.3) is 11.5 Å². The number of benzene rings is 3. The largest absolute Gasteiger partial charge is 0.494 e. The summed E-state index contributed by atoms with van der Waals surface area (Å²) in [6.45, 7) is 4.47. The molecule has 0 spiro atoms. The smallest absolute Gasteiger partial charge is 0.266 e. The number of para-hydroxylation sites is 2. The number of thioether (sulfide) groups is 1. The van der Waals surface area contributed by atoms with Crippen molar-refractivity contribution < 1.29 is 9.53 Å². The van der Waals surface area contributed by atoms with Crippen LogP contribution in [0.3, 0.4) is 0 Å². The van der Waals surface area contributed by atoms with Crippen LogP contribution in [0.25, 0.3) is 16.6 Å². The highest BCUT2D eigenvalue weighted by molar-refractivity contribution is 7.99. The zero-order chi connectivity index (χ0) is 23.9. The van der Waals surface area contributed by atoms with E-state index >= 15 is 0 Å². The Labute approximate surface area is 201 Å². The van der Waals surface area contributed by atoms with Gasteiger partial charge >= 0.3 is 0 Å². The van der Waals surface area contributed by atoms with E-state index in [2.05, 4.69) is 15.5 Å². The van der Waals surface area contributed by atoms with Gasteiger partial charge < -0.3 is 4.74 Å². The summed E-state index contributed by atoms with van der Waals surface area (Å²) in [5.41, 5.74) is 5.46. The summed E-state index contributed by atoms with van der Waals surface area (Å²) in [5, 5.41) is 5.00. The molecule has 4 aromatic rings. The summed E-state index contributed by atoms with van der Waals surface area (Å²) in [6.07, 6.45) is 1.57.